The summed E-state index contributed by atoms with van der Waals surface area (Å²) in [5.74, 6) is -0.799. The molecule has 0 radical (unpaired) electrons. The lowest BCUT2D eigenvalue weighted by molar-refractivity contribution is 0.0496. The first kappa shape index (κ1) is 29.9. The third-order valence-electron chi connectivity index (χ3n) is 6.12. The second-order valence-corrected chi connectivity index (χ2v) is 9.27. The molecule has 0 fully saturated rings. The van der Waals surface area contributed by atoms with Gasteiger partial charge in [0.1, 0.15) is 0 Å². The number of unbranched alkanes of at least 4 members (excludes halogenated alkanes) is 14. The minimum absolute atomic E-state index is 0.371. The molecule has 0 heterocycles. The van der Waals surface area contributed by atoms with E-state index in [1.165, 1.54) is 77.0 Å². The van der Waals surface area contributed by atoms with Crippen molar-refractivity contribution in [3.05, 3.63) is 41.5 Å². The van der Waals surface area contributed by atoms with Crippen LogP contribution in [0.3, 0.4) is 0 Å². The number of hydrogen-bond donors (Lipinski definition) is 0. The minimum atomic E-state index is -0.399. The highest BCUT2D eigenvalue weighted by molar-refractivity contribution is 5.96. The monoisotopic (exact) mass is 472 g/mol. The normalized spacial score (nSPS) is 10.8. The Kier molecular flexibility index (Phi) is 17.9. The standard InChI is InChI=1S/C30H48O4/c1-4-7-9-11-13-15-17-19-21-33-29(31)27-23-26(6-3)24-28(25-27)30(32)34-22-20-18-16-14-12-10-8-5-2/h6,23-25H,3-5,7-22H2,1-2H3. The molecule has 34 heavy (non-hydrogen) atoms. The van der Waals surface area contributed by atoms with Gasteiger partial charge in [-0.2, -0.15) is 0 Å². The van der Waals surface area contributed by atoms with E-state index >= 15 is 0 Å². The van der Waals surface area contributed by atoms with E-state index < -0.39 is 11.9 Å². The number of hydrogen-bond acceptors (Lipinski definition) is 4. The summed E-state index contributed by atoms with van der Waals surface area (Å²) in [5, 5.41) is 0. The van der Waals surface area contributed by atoms with Crippen molar-refractivity contribution in [3.8, 4) is 0 Å². The molecule has 0 N–H and O–H groups in total. The molecule has 0 spiro atoms. The molecule has 4 heteroatoms. The van der Waals surface area contributed by atoms with E-state index in [0.717, 1.165) is 25.7 Å². The highest BCUT2D eigenvalue weighted by Gasteiger charge is 2.14. The highest BCUT2D eigenvalue weighted by atomic mass is 16.5. The number of ether oxygens (including phenoxy) is 2. The Hall–Kier alpha value is -2.10. The summed E-state index contributed by atoms with van der Waals surface area (Å²) in [4.78, 5) is 25.0. The number of benzene rings is 1. The van der Waals surface area contributed by atoms with Crippen LogP contribution in [-0.2, 0) is 9.47 Å². The second kappa shape index (κ2) is 20.3. The Morgan fingerprint density at radius 2 is 0.971 bits per heavy atom. The fraction of sp³-hybridized carbons (Fsp3) is 0.667. The zero-order chi connectivity index (χ0) is 24.9. The Morgan fingerprint density at radius 1 is 0.618 bits per heavy atom. The summed E-state index contributed by atoms with van der Waals surface area (Å²) >= 11 is 0. The molecule has 0 unspecified atom stereocenters. The van der Waals surface area contributed by atoms with E-state index in [1.54, 1.807) is 24.3 Å². The van der Waals surface area contributed by atoms with Crippen LogP contribution in [0.4, 0.5) is 0 Å². The Bertz CT molecular complexity index is 643. The fourth-order valence-corrected chi connectivity index (χ4v) is 3.97. The van der Waals surface area contributed by atoms with Gasteiger partial charge in [0.05, 0.1) is 24.3 Å². The van der Waals surface area contributed by atoms with Crippen molar-refractivity contribution in [2.24, 2.45) is 0 Å². The first-order valence-corrected chi connectivity index (χ1v) is 13.7. The molecule has 1 aromatic rings. The quantitative estimate of drug-likeness (QED) is 0.132. The van der Waals surface area contributed by atoms with Crippen LogP contribution in [-0.4, -0.2) is 25.2 Å². The number of rotatable bonds is 21. The molecule has 4 nitrogen and oxygen atoms in total. The Morgan fingerprint density at radius 3 is 1.32 bits per heavy atom. The van der Waals surface area contributed by atoms with E-state index in [9.17, 15) is 9.59 Å². The van der Waals surface area contributed by atoms with Gasteiger partial charge in [-0.3, -0.25) is 0 Å². The van der Waals surface area contributed by atoms with Crippen LogP contribution in [0.1, 0.15) is 143 Å². The zero-order valence-electron chi connectivity index (χ0n) is 21.9. The van der Waals surface area contributed by atoms with Crippen LogP contribution in [0.2, 0.25) is 0 Å². The summed E-state index contributed by atoms with van der Waals surface area (Å²) < 4.78 is 10.9. The van der Waals surface area contributed by atoms with Crippen molar-refractivity contribution in [3.63, 3.8) is 0 Å². The van der Waals surface area contributed by atoms with Gasteiger partial charge in [0, 0.05) is 0 Å². The summed E-state index contributed by atoms with van der Waals surface area (Å²) in [6.07, 6.45) is 20.8. The lowest BCUT2D eigenvalue weighted by Crippen LogP contribution is -2.11. The number of carbonyl (C=O) groups is 2. The third-order valence-corrected chi connectivity index (χ3v) is 6.12. The maximum absolute atomic E-state index is 12.5. The van der Waals surface area contributed by atoms with Gasteiger partial charge in [0.25, 0.3) is 0 Å². The van der Waals surface area contributed by atoms with Gasteiger partial charge in [-0.05, 0) is 36.6 Å². The largest absolute Gasteiger partial charge is 0.462 e. The average molecular weight is 473 g/mol. The topological polar surface area (TPSA) is 52.6 Å². The minimum Gasteiger partial charge on any atom is -0.462 e. The summed E-state index contributed by atoms with van der Waals surface area (Å²) in [6, 6.07) is 4.98. The Labute approximate surface area is 208 Å². The molecule has 0 aliphatic carbocycles. The van der Waals surface area contributed by atoms with Crippen LogP contribution in [0.15, 0.2) is 24.8 Å². The van der Waals surface area contributed by atoms with Gasteiger partial charge in [-0.25, -0.2) is 9.59 Å². The molecular weight excluding hydrogens is 424 g/mol. The molecule has 1 aromatic carbocycles. The van der Waals surface area contributed by atoms with Crippen LogP contribution in [0.25, 0.3) is 6.08 Å². The van der Waals surface area contributed by atoms with Gasteiger partial charge >= 0.3 is 11.9 Å². The van der Waals surface area contributed by atoms with E-state index in [4.69, 9.17) is 9.47 Å². The van der Waals surface area contributed by atoms with E-state index in [0.29, 0.717) is 29.9 Å². The van der Waals surface area contributed by atoms with Crippen LogP contribution >= 0.6 is 0 Å². The Balaban J connectivity index is 2.35. The smallest absolute Gasteiger partial charge is 0.338 e. The first-order valence-electron chi connectivity index (χ1n) is 13.7. The molecule has 0 aliphatic heterocycles. The summed E-state index contributed by atoms with van der Waals surface area (Å²) in [7, 11) is 0. The SMILES string of the molecule is C=Cc1cc(C(=O)OCCCCCCCCCC)cc(C(=O)OCCCCCCCCCC)c1. The van der Waals surface area contributed by atoms with Crippen molar-refractivity contribution in [2.75, 3.05) is 13.2 Å². The van der Waals surface area contributed by atoms with Crippen molar-refractivity contribution in [2.45, 2.75) is 117 Å². The fourth-order valence-electron chi connectivity index (χ4n) is 3.97. The maximum Gasteiger partial charge on any atom is 0.338 e. The first-order chi connectivity index (χ1) is 16.6. The lowest BCUT2D eigenvalue weighted by atomic mass is 10.1. The molecule has 192 valence electrons. The molecule has 0 aromatic heterocycles. The lowest BCUT2D eigenvalue weighted by Gasteiger charge is -2.09. The molecule has 0 saturated carbocycles. The van der Waals surface area contributed by atoms with Gasteiger partial charge in [-0.15, -0.1) is 0 Å². The maximum atomic E-state index is 12.5. The molecule has 0 amide bonds. The van der Waals surface area contributed by atoms with Gasteiger partial charge in [-0.1, -0.05) is 116 Å². The van der Waals surface area contributed by atoms with Gasteiger partial charge < -0.3 is 9.47 Å². The third kappa shape index (κ3) is 14.2. The van der Waals surface area contributed by atoms with Crippen molar-refractivity contribution < 1.29 is 19.1 Å². The number of carbonyl (C=O) groups excluding carboxylic acids is 2. The molecule has 1 rings (SSSR count). The number of esters is 2. The van der Waals surface area contributed by atoms with E-state index in [2.05, 4.69) is 20.4 Å². The zero-order valence-corrected chi connectivity index (χ0v) is 21.9. The van der Waals surface area contributed by atoms with Crippen molar-refractivity contribution in [1.82, 2.24) is 0 Å². The van der Waals surface area contributed by atoms with Crippen molar-refractivity contribution >= 4 is 18.0 Å². The van der Waals surface area contributed by atoms with Gasteiger partial charge in [0.15, 0.2) is 0 Å². The summed E-state index contributed by atoms with van der Waals surface area (Å²) in [6.45, 7) is 9.04. The van der Waals surface area contributed by atoms with Crippen molar-refractivity contribution in [1.29, 1.82) is 0 Å². The van der Waals surface area contributed by atoms with E-state index in [-0.39, 0.29) is 0 Å². The molecule has 0 aliphatic rings. The predicted octanol–water partition coefficient (Wildman–Crippen LogP) is 8.92. The molecular formula is C30H48O4. The van der Waals surface area contributed by atoms with Crippen LogP contribution < -0.4 is 0 Å². The molecule has 0 saturated heterocycles. The molecule has 0 bridgehead atoms. The molecule has 0 atom stereocenters. The highest BCUT2D eigenvalue weighted by Crippen LogP contribution is 2.16. The van der Waals surface area contributed by atoms with Gasteiger partial charge in [0.2, 0.25) is 0 Å². The van der Waals surface area contributed by atoms with E-state index in [1.807, 2.05) is 0 Å². The predicted molar refractivity (Wildman–Crippen MR) is 142 cm³/mol. The van der Waals surface area contributed by atoms with Crippen LogP contribution in [0.5, 0.6) is 0 Å². The average Bonchev–Trinajstić information content (AvgIpc) is 2.86. The van der Waals surface area contributed by atoms with Crippen LogP contribution in [0, 0.1) is 0 Å². The summed E-state index contributed by atoms with van der Waals surface area (Å²) in [5.41, 5.74) is 1.45. The second-order valence-electron chi connectivity index (χ2n) is 9.27.